The molecule has 0 bridgehead atoms. The summed E-state index contributed by atoms with van der Waals surface area (Å²) in [5.41, 5.74) is 4.51. The molecule has 3 rings (SSSR count). The number of hydrogen-bond acceptors (Lipinski definition) is 6. The predicted octanol–water partition coefficient (Wildman–Crippen LogP) is 3.73. The zero-order valence-corrected chi connectivity index (χ0v) is 18.7. The Labute approximate surface area is 186 Å². The maximum atomic E-state index is 13.4. The molecule has 0 saturated heterocycles. The number of amides is 1. The number of carbonyl (C=O) groups is 3. The third kappa shape index (κ3) is 4.56. The standard InChI is InChI=1S/C25H25NO6/c1-15-6-9-19(12-16(15)2)26-17(3)23(25(29)31-5)21(24(26)28)13-18-7-10-20(11-8-18)32-14-22(27)30-4/h6-13H,14H2,1-5H3/b21-13-. The van der Waals surface area contributed by atoms with E-state index in [4.69, 9.17) is 9.47 Å². The van der Waals surface area contributed by atoms with Gasteiger partial charge in [0, 0.05) is 11.4 Å². The quantitative estimate of drug-likeness (QED) is 0.508. The van der Waals surface area contributed by atoms with E-state index in [-0.39, 0.29) is 23.7 Å². The summed E-state index contributed by atoms with van der Waals surface area (Å²) in [6, 6.07) is 12.5. The first-order valence-corrected chi connectivity index (χ1v) is 9.99. The van der Waals surface area contributed by atoms with Crippen LogP contribution in [0.15, 0.2) is 59.3 Å². The molecule has 0 aromatic heterocycles. The van der Waals surface area contributed by atoms with Crippen molar-refractivity contribution in [1.29, 1.82) is 0 Å². The third-order valence-electron chi connectivity index (χ3n) is 5.31. The van der Waals surface area contributed by atoms with E-state index in [0.29, 0.717) is 22.7 Å². The molecule has 7 nitrogen and oxygen atoms in total. The zero-order chi connectivity index (χ0) is 23.4. The fourth-order valence-corrected chi connectivity index (χ4v) is 3.38. The molecule has 0 unspecified atom stereocenters. The number of anilines is 1. The molecular formula is C25H25NO6. The van der Waals surface area contributed by atoms with Crippen molar-refractivity contribution >= 4 is 29.6 Å². The molecule has 2 aromatic rings. The highest BCUT2D eigenvalue weighted by atomic mass is 16.6. The second-order valence-corrected chi connectivity index (χ2v) is 7.35. The van der Waals surface area contributed by atoms with Crippen LogP contribution in [0, 0.1) is 13.8 Å². The van der Waals surface area contributed by atoms with Gasteiger partial charge in [-0.1, -0.05) is 18.2 Å². The van der Waals surface area contributed by atoms with E-state index < -0.39 is 11.9 Å². The molecule has 2 aromatic carbocycles. The van der Waals surface area contributed by atoms with Crippen molar-refractivity contribution < 1.29 is 28.6 Å². The monoisotopic (exact) mass is 435 g/mol. The molecule has 1 heterocycles. The Bertz CT molecular complexity index is 1130. The van der Waals surface area contributed by atoms with Crippen molar-refractivity contribution in [3.05, 3.63) is 76.0 Å². The minimum atomic E-state index is -0.577. The number of benzene rings is 2. The van der Waals surface area contributed by atoms with Crippen molar-refractivity contribution in [1.82, 2.24) is 0 Å². The molecule has 0 radical (unpaired) electrons. The van der Waals surface area contributed by atoms with Crippen molar-refractivity contribution in [2.45, 2.75) is 20.8 Å². The number of esters is 2. The fourth-order valence-electron chi connectivity index (χ4n) is 3.38. The summed E-state index contributed by atoms with van der Waals surface area (Å²) >= 11 is 0. The Morgan fingerprint density at radius 3 is 2.22 bits per heavy atom. The Balaban J connectivity index is 1.96. The van der Waals surface area contributed by atoms with Crippen LogP contribution in [0.2, 0.25) is 0 Å². The highest BCUT2D eigenvalue weighted by Gasteiger charge is 2.37. The van der Waals surface area contributed by atoms with Gasteiger partial charge >= 0.3 is 11.9 Å². The van der Waals surface area contributed by atoms with E-state index in [1.165, 1.54) is 19.1 Å². The van der Waals surface area contributed by atoms with Crippen molar-refractivity contribution in [2.24, 2.45) is 0 Å². The van der Waals surface area contributed by atoms with Gasteiger partial charge in [-0.05, 0) is 67.8 Å². The summed E-state index contributed by atoms with van der Waals surface area (Å²) in [6.45, 7) is 5.50. The van der Waals surface area contributed by atoms with Gasteiger partial charge in [-0.3, -0.25) is 9.69 Å². The minimum absolute atomic E-state index is 0.200. The molecule has 0 fully saturated rings. The second kappa shape index (κ2) is 9.51. The lowest BCUT2D eigenvalue weighted by Gasteiger charge is -2.19. The van der Waals surface area contributed by atoms with Crippen LogP contribution >= 0.6 is 0 Å². The molecule has 7 heteroatoms. The molecule has 0 aliphatic carbocycles. The minimum Gasteiger partial charge on any atom is -0.482 e. The lowest BCUT2D eigenvalue weighted by Crippen LogP contribution is -2.24. The molecule has 1 amide bonds. The molecule has 0 saturated carbocycles. The first kappa shape index (κ1) is 22.8. The van der Waals surface area contributed by atoms with Gasteiger partial charge in [0.1, 0.15) is 5.75 Å². The van der Waals surface area contributed by atoms with Crippen LogP contribution in [0.3, 0.4) is 0 Å². The lowest BCUT2D eigenvalue weighted by molar-refractivity contribution is -0.143. The summed E-state index contributed by atoms with van der Waals surface area (Å²) in [7, 11) is 2.58. The molecular weight excluding hydrogens is 410 g/mol. The number of rotatable bonds is 6. The normalized spacial score (nSPS) is 14.7. The van der Waals surface area contributed by atoms with E-state index >= 15 is 0 Å². The van der Waals surface area contributed by atoms with E-state index in [1.54, 1.807) is 37.3 Å². The molecule has 0 spiro atoms. The summed E-state index contributed by atoms with van der Waals surface area (Å²) in [6.07, 6.45) is 1.64. The van der Waals surface area contributed by atoms with Crippen LogP contribution in [0.5, 0.6) is 5.75 Å². The summed E-state index contributed by atoms with van der Waals surface area (Å²) in [5.74, 6) is -0.891. The first-order chi connectivity index (χ1) is 15.3. The Hall–Kier alpha value is -3.87. The number of ether oxygens (including phenoxy) is 3. The topological polar surface area (TPSA) is 82.1 Å². The highest BCUT2D eigenvalue weighted by Crippen LogP contribution is 2.36. The summed E-state index contributed by atoms with van der Waals surface area (Å²) in [4.78, 5) is 38.6. The molecule has 1 aliphatic rings. The molecule has 32 heavy (non-hydrogen) atoms. The zero-order valence-electron chi connectivity index (χ0n) is 18.7. The van der Waals surface area contributed by atoms with Gasteiger partial charge in [0.2, 0.25) is 0 Å². The SMILES string of the molecule is COC(=O)COc1ccc(/C=C2\C(=O)N(c3ccc(C)c(C)c3)C(C)=C2C(=O)OC)cc1. The van der Waals surface area contributed by atoms with Crippen molar-refractivity contribution in [2.75, 3.05) is 25.7 Å². The van der Waals surface area contributed by atoms with Gasteiger partial charge in [-0.25, -0.2) is 9.59 Å². The van der Waals surface area contributed by atoms with Gasteiger partial charge in [-0.2, -0.15) is 0 Å². The van der Waals surface area contributed by atoms with Crippen LogP contribution in [0.25, 0.3) is 6.08 Å². The average molecular weight is 435 g/mol. The predicted molar refractivity (Wildman–Crippen MR) is 120 cm³/mol. The number of aryl methyl sites for hydroxylation is 2. The number of carbonyl (C=O) groups excluding carboxylic acids is 3. The van der Waals surface area contributed by atoms with Gasteiger partial charge in [0.05, 0.1) is 25.4 Å². The first-order valence-electron chi connectivity index (χ1n) is 9.99. The number of hydrogen-bond donors (Lipinski definition) is 0. The largest absolute Gasteiger partial charge is 0.482 e. The lowest BCUT2D eigenvalue weighted by atomic mass is 10.0. The van der Waals surface area contributed by atoms with Gasteiger partial charge < -0.3 is 14.2 Å². The van der Waals surface area contributed by atoms with Crippen LogP contribution in [0.1, 0.15) is 23.6 Å². The van der Waals surface area contributed by atoms with Crippen LogP contribution < -0.4 is 9.64 Å². The molecule has 0 atom stereocenters. The summed E-state index contributed by atoms with van der Waals surface area (Å²) < 4.78 is 14.8. The number of allylic oxidation sites excluding steroid dienone is 1. The fraction of sp³-hybridized carbons (Fsp3) is 0.240. The molecule has 166 valence electrons. The Kier molecular flexibility index (Phi) is 6.78. The number of methoxy groups -OCH3 is 2. The third-order valence-corrected chi connectivity index (χ3v) is 5.31. The van der Waals surface area contributed by atoms with E-state index in [0.717, 1.165) is 11.1 Å². The highest BCUT2D eigenvalue weighted by molar-refractivity contribution is 6.23. The van der Waals surface area contributed by atoms with Crippen LogP contribution in [0.4, 0.5) is 5.69 Å². The second-order valence-electron chi connectivity index (χ2n) is 7.35. The van der Waals surface area contributed by atoms with Crippen LogP contribution in [-0.2, 0) is 23.9 Å². The Morgan fingerprint density at radius 2 is 1.62 bits per heavy atom. The van der Waals surface area contributed by atoms with Crippen molar-refractivity contribution in [3.63, 3.8) is 0 Å². The van der Waals surface area contributed by atoms with E-state index in [9.17, 15) is 14.4 Å². The average Bonchev–Trinajstić information content (AvgIpc) is 3.03. The van der Waals surface area contributed by atoms with Crippen LogP contribution in [-0.4, -0.2) is 38.7 Å². The summed E-state index contributed by atoms with van der Waals surface area (Å²) in [5, 5.41) is 0. The molecule has 0 N–H and O–H groups in total. The number of nitrogens with zero attached hydrogens (tertiary/aromatic N) is 1. The van der Waals surface area contributed by atoms with E-state index in [2.05, 4.69) is 4.74 Å². The van der Waals surface area contributed by atoms with Crippen molar-refractivity contribution in [3.8, 4) is 5.75 Å². The van der Waals surface area contributed by atoms with Gasteiger partial charge in [0.15, 0.2) is 6.61 Å². The van der Waals surface area contributed by atoms with Gasteiger partial charge in [0.25, 0.3) is 5.91 Å². The van der Waals surface area contributed by atoms with Gasteiger partial charge in [-0.15, -0.1) is 0 Å². The smallest absolute Gasteiger partial charge is 0.343 e. The molecule has 1 aliphatic heterocycles. The maximum absolute atomic E-state index is 13.4. The van der Waals surface area contributed by atoms with E-state index in [1.807, 2.05) is 32.0 Å². The Morgan fingerprint density at radius 1 is 0.938 bits per heavy atom. The maximum Gasteiger partial charge on any atom is 0.343 e.